The third-order valence-corrected chi connectivity index (χ3v) is 1.83. The molecular formula is C4H8N2O3S. The Morgan fingerprint density at radius 3 is 2.70 bits per heavy atom. The number of thiol groups is 1. The van der Waals surface area contributed by atoms with Crippen LogP contribution in [0.4, 0.5) is 0 Å². The molecule has 10 heavy (non-hydrogen) atoms. The Labute approximate surface area is 59.9 Å². The zero-order valence-corrected chi connectivity index (χ0v) is 6.06. The van der Waals surface area contributed by atoms with Crippen LogP contribution in [0.1, 0.15) is 6.42 Å². The van der Waals surface area contributed by atoms with E-state index < -0.39 is 16.9 Å². The highest BCUT2D eigenvalue weighted by Gasteiger charge is 2.23. The lowest BCUT2D eigenvalue weighted by molar-refractivity contribution is -0.120. The number of carbonyl (C=O) groups excluding carboxylic acids is 1. The van der Waals surface area contributed by atoms with E-state index in [-0.39, 0.29) is 5.91 Å². The molecule has 1 saturated heterocycles. The standard InChI is InChI=1S/C4H8N2O3S/c7-4-3(1-2-5-4)6-10(8)9/h3,10H,1-2H2,(H,5,7)(H,6,8,9). The summed E-state index contributed by atoms with van der Waals surface area (Å²) in [7, 11) is -2.65. The molecule has 0 aromatic heterocycles. The predicted octanol–water partition coefficient (Wildman–Crippen LogP) is -2.01. The highest BCUT2D eigenvalue weighted by Crippen LogP contribution is 1.97. The highest BCUT2D eigenvalue weighted by molar-refractivity contribution is 7.70. The van der Waals surface area contributed by atoms with Gasteiger partial charge in [-0.3, -0.25) is 4.79 Å². The number of hydrogen-bond acceptors (Lipinski definition) is 3. The van der Waals surface area contributed by atoms with Crippen molar-refractivity contribution in [3.63, 3.8) is 0 Å². The van der Waals surface area contributed by atoms with Crippen LogP contribution in [0.3, 0.4) is 0 Å². The first-order valence-electron chi connectivity index (χ1n) is 2.88. The minimum Gasteiger partial charge on any atom is -0.355 e. The normalized spacial score (nSPS) is 25.3. The Hall–Kier alpha value is -0.620. The number of nitrogens with one attached hydrogen (secondary N) is 2. The smallest absolute Gasteiger partial charge is 0.238 e. The lowest BCUT2D eigenvalue weighted by atomic mass is 10.3. The van der Waals surface area contributed by atoms with Crippen LogP contribution in [-0.2, 0) is 15.7 Å². The monoisotopic (exact) mass is 164 g/mol. The van der Waals surface area contributed by atoms with Crippen LogP contribution in [0.15, 0.2) is 0 Å². The molecule has 0 aromatic rings. The van der Waals surface area contributed by atoms with E-state index in [0.29, 0.717) is 13.0 Å². The van der Waals surface area contributed by atoms with Crippen molar-refractivity contribution in [3.8, 4) is 0 Å². The lowest BCUT2D eigenvalue weighted by Gasteiger charge is -2.00. The van der Waals surface area contributed by atoms with Gasteiger partial charge >= 0.3 is 0 Å². The average molecular weight is 164 g/mol. The molecule has 2 N–H and O–H groups in total. The van der Waals surface area contributed by atoms with E-state index in [4.69, 9.17) is 0 Å². The fourth-order valence-corrected chi connectivity index (χ4v) is 1.35. The van der Waals surface area contributed by atoms with Crippen molar-refractivity contribution in [2.45, 2.75) is 12.5 Å². The van der Waals surface area contributed by atoms with Crippen LogP contribution in [0.25, 0.3) is 0 Å². The van der Waals surface area contributed by atoms with Crippen LogP contribution in [0, 0.1) is 0 Å². The van der Waals surface area contributed by atoms with Gasteiger partial charge < -0.3 is 5.32 Å². The van der Waals surface area contributed by atoms with Gasteiger partial charge in [-0.2, -0.15) is 0 Å². The molecule has 5 nitrogen and oxygen atoms in total. The zero-order chi connectivity index (χ0) is 7.56. The van der Waals surface area contributed by atoms with Gasteiger partial charge in [-0.15, -0.1) is 0 Å². The number of carbonyl (C=O) groups is 1. The van der Waals surface area contributed by atoms with E-state index in [9.17, 15) is 13.2 Å². The van der Waals surface area contributed by atoms with E-state index in [1.54, 1.807) is 0 Å². The van der Waals surface area contributed by atoms with Crippen LogP contribution in [0.2, 0.25) is 0 Å². The average Bonchev–Trinajstić information content (AvgIpc) is 2.15. The minimum atomic E-state index is -2.65. The summed E-state index contributed by atoms with van der Waals surface area (Å²) in [4.78, 5) is 10.7. The molecule has 1 fully saturated rings. The fourth-order valence-electron chi connectivity index (χ4n) is 0.844. The maximum absolute atomic E-state index is 10.7. The van der Waals surface area contributed by atoms with Crippen LogP contribution < -0.4 is 10.0 Å². The Morgan fingerprint density at radius 1 is 1.60 bits per heavy atom. The van der Waals surface area contributed by atoms with E-state index in [0.717, 1.165) is 0 Å². The van der Waals surface area contributed by atoms with Gasteiger partial charge in [0.2, 0.25) is 16.8 Å². The van der Waals surface area contributed by atoms with Crippen molar-refractivity contribution in [2.75, 3.05) is 6.54 Å². The van der Waals surface area contributed by atoms with Gasteiger partial charge in [-0.05, 0) is 6.42 Å². The molecular weight excluding hydrogens is 156 g/mol. The summed E-state index contributed by atoms with van der Waals surface area (Å²) in [6, 6.07) is -0.541. The van der Waals surface area contributed by atoms with E-state index in [1.165, 1.54) is 0 Å². The number of amides is 1. The van der Waals surface area contributed by atoms with Gasteiger partial charge in [0.15, 0.2) is 0 Å². The van der Waals surface area contributed by atoms with Gasteiger partial charge in [0.25, 0.3) is 0 Å². The number of hydrogen-bond donors (Lipinski definition) is 3. The van der Waals surface area contributed by atoms with Gasteiger partial charge in [-0.25, -0.2) is 13.1 Å². The molecule has 6 heteroatoms. The summed E-state index contributed by atoms with van der Waals surface area (Å²) in [6.07, 6.45) is 0.544. The largest absolute Gasteiger partial charge is 0.355 e. The van der Waals surface area contributed by atoms with Crippen molar-refractivity contribution in [1.82, 2.24) is 10.0 Å². The zero-order valence-electron chi connectivity index (χ0n) is 5.16. The van der Waals surface area contributed by atoms with Crippen LogP contribution >= 0.6 is 0 Å². The molecule has 1 rings (SSSR count). The molecule has 1 amide bonds. The maximum Gasteiger partial charge on any atom is 0.238 e. The predicted molar refractivity (Wildman–Crippen MR) is 34.9 cm³/mol. The lowest BCUT2D eigenvalue weighted by Crippen LogP contribution is -2.34. The first-order chi connectivity index (χ1) is 4.70. The van der Waals surface area contributed by atoms with Crippen molar-refractivity contribution in [3.05, 3.63) is 0 Å². The van der Waals surface area contributed by atoms with E-state index in [1.807, 2.05) is 0 Å². The molecule has 1 aliphatic rings. The fraction of sp³-hybridized carbons (Fsp3) is 0.750. The third-order valence-electron chi connectivity index (χ3n) is 1.31. The first-order valence-corrected chi connectivity index (χ1v) is 4.06. The summed E-state index contributed by atoms with van der Waals surface area (Å²) in [5, 5.41) is 2.51. The Balaban J connectivity index is 2.48. The second-order valence-corrected chi connectivity index (χ2v) is 2.79. The second-order valence-electron chi connectivity index (χ2n) is 2.02. The molecule has 0 saturated carbocycles. The second kappa shape index (κ2) is 2.98. The number of rotatable bonds is 2. The van der Waals surface area contributed by atoms with Crippen LogP contribution in [-0.4, -0.2) is 26.9 Å². The molecule has 1 aliphatic heterocycles. The topological polar surface area (TPSA) is 75.3 Å². The maximum atomic E-state index is 10.7. The van der Waals surface area contributed by atoms with E-state index >= 15 is 0 Å². The molecule has 0 radical (unpaired) electrons. The molecule has 0 bridgehead atoms. The molecule has 1 unspecified atom stereocenters. The third kappa shape index (κ3) is 1.68. The van der Waals surface area contributed by atoms with Crippen molar-refractivity contribution in [2.24, 2.45) is 0 Å². The molecule has 0 spiro atoms. The highest BCUT2D eigenvalue weighted by atomic mass is 32.2. The Morgan fingerprint density at radius 2 is 2.30 bits per heavy atom. The summed E-state index contributed by atoms with van der Waals surface area (Å²) < 4.78 is 22.2. The Bertz CT molecular complexity index is 205. The van der Waals surface area contributed by atoms with Gasteiger partial charge in [-0.1, -0.05) is 0 Å². The summed E-state index contributed by atoms with van der Waals surface area (Å²) in [5.74, 6) is -0.237. The Kier molecular flexibility index (Phi) is 2.23. The van der Waals surface area contributed by atoms with Crippen molar-refractivity contribution < 1.29 is 13.2 Å². The summed E-state index contributed by atoms with van der Waals surface area (Å²) in [5.41, 5.74) is 0. The molecule has 1 atom stereocenters. The van der Waals surface area contributed by atoms with E-state index in [2.05, 4.69) is 10.0 Å². The summed E-state index contributed by atoms with van der Waals surface area (Å²) >= 11 is 0. The van der Waals surface area contributed by atoms with Crippen molar-refractivity contribution >= 4 is 16.8 Å². The van der Waals surface area contributed by atoms with Gasteiger partial charge in [0, 0.05) is 6.54 Å². The summed E-state index contributed by atoms with van der Waals surface area (Å²) in [6.45, 7) is 0.555. The quantitative estimate of drug-likeness (QED) is 0.413. The van der Waals surface area contributed by atoms with Crippen molar-refractivity contribution in [1.29, 1.82) is 0 Å². The molecule has 58 valence electrons. The van der Waals surface area contributed by atoms with Crippen LogP contribution in [0.5, 0.6) is 0 Å². The van der Waals surface area contributed by atoms with Gasteiger partial charge in [0.05, 0.1) is 0 Å². The first kappa shape index (κ1) is 7.49. The SMILES string of the molecule is O=C1NCCC1N[SH](=O)=O. The molecule has 0 aromatic carbocycles. The minimum absolute atomic E-state index is 0.237. The van der Waals surface area contributed by atoms with Gasteiger partial charge in [0.1, 0.15) is 6.04 Å². The molecule has 0 aliphatic carbocycles. The molecule has 1 heterocycles.